The van der Waals surface area contributed by atoms with Crippen molar-refractivity contribution < 1.29 is 23.7 Å². The van der Waals surface area contributed by atoms with Crippen LogP contribution in [-0.2, 0) is 11.3 Å². The second kappa shape index (κ2) is 10.5. The van der Waals surface area contributed by atoms with Crippen LogP contribution in [0.5, 0.6) is 17.2 Å². The lowest BCUT2D eigenvalue weighted by atomic mass is 10.1. The quantitative estimate of drug-likeness (QED) is 0.579. The van der Waals surface area contributed by atoms with Crippen molar-refractivity contribution in [3.8, 4) is 17.2 Å². The summed E-state index contributed by atoms with van der Waals surface area (Å²) in [4.78, 5) is 20.0. The molecule has 2 rings (SSSR count). The smallest absolute Gasteiger partial charge is 0.409 e. The van der Waals surface area contributed by atoms with Crippen molar-refractivity contribution in [2.45, 2.75) is 13.5 Å². The first-order valence-corrected chi connectivity index (χ1v) is 9.24. The number of benzene rings is 1. The van der Waals surface area contributed by atoms with Gasteiger partial charge < -0.3 is 34.1 Å². The van der Waals surface area contributed by atoms with E-state index in [1.165, 1.54) is 0 Å². The maximum absolute atomic E-state index is 11.8. The van der Waals surface area contributed by atoms with E-state index >= 15 is 0 Å². The molecule has 1 aliphatic rings. The third-order valence-electron chi connectivity index (χ3n) is 4.54. The van der Waals surface area contributed by atoms with Gasteiger partial charge in [-0.05, 0) is 13.0 Å². The van der Waals surface area contributed by atoms with Gasteiger partial charge >= 0.3 is 6.09 Å². The molecule has 28 heavy (non-hydrogen) atoms. The molecule has 1 N–H and O–H groups in total. The highest BCUT2D eigenvalue weighted by atomic mass is 16.6. The molecule has 0 spiro atoms. The molecule has 1 fully saturated rings. The molecule has 1 aliphatic heterocycles. The van der Waals surface area contributed by atoms with E-state index in [2.05, 4.69) is 15.2 Å². The van der Waals surface area contributed by atoms with Crippen LogP contribution in [0, 0.1) is 0 Å². The average molecular weight is 394 g/mol. The van der Waals surface area contributed by atoms with Crippen molar-refractivity contribution in [2.75, 3.05) is 61.2 Å². The molecular formula is C19H30N4O5. The molecule has 0 radical (unpaired) electrons. The second-order valence-corrected chi connectivity index (χ2v) is 6.09. The van der Waals surface area contributed by atoms with Crippen molar-refractivity contribution in [3.05, 3.63) is 17.7 Å². The summed E-state index contributed by atoms with van der Waals surface area (Å²) in [5.41, 5.74) is 0.923. The third-order valence-corrected chi connectivity index (χ3v) is 4.54. The maximum atomic E-state index is 11.8. The minimum Gasteiger partial charge on any atom is -0.496 e. The lowest BCUT2D eigenvalue weighted by molar-refractivity contribution is 0.0914. The number of nitrogens with one attached hydrogen (secondary N) is 1. The molecule has 0 bridgehead atoms. The van der Waals surface area contributed by atoms with Gasteiger partial charge in [0.1, 0.15) is 5.75 Å². The van der Waals surface area contributed by atoms with Crippen LogP contribution in [0.25, 0.3) is 0 Å². The lowest BCUT2D eigenvalue weighted by Crippen LogP contribution is -2.53. The minimum atomic E-state index is -0.264. The number of amides is 1. The Bertz CT molecular complexity index is 687. The Morgan fingerprint density at radius 1 is 1.00 bits per heavy atom. The fraction of sp³-hybridized carbons (Fsp3) is 0.579. The van der Waals surface area contributed by atoms with Crippen molar-refractivity contribution >= 4 is 12.1 Å². The largest absolute Gasteiger partial charge is 0.496 e. The summed E-state index contributed by atoms with van der Waals surface area (Å²) in [6.45, 7) is 5.26. The van der Waals surface area contributed by atoms with Crippen LogP contribution < -0.4 is 19.5 Å². The summed E-state index contributed by atoms with van der Waals surface area (Å²) < 4.78 is 21.2. The van der Waals surface area contributed by atoms with Gasteiger partial charge in [0.2, 0.25) is 0 Å². The predicted octanol–water partition coefficient (Wildman–Crippen LogP) is 1.56. The molecule has 0 aliphatic carbocycles. The fourth-order valence-electron chi connectivity index (χ4n) is 3.05. The van der Waals surface area contributed by atoms with E-state index in [4.69, 9.17) is 18.9 Å². The molecule has 0 aromatic heterocycles. The van der Waals surface area contributed by atoms with E-state index in [9.17, 15) is 4.79 Å². The van der Waals surface area contributed by atoms with E-state index < -0.39 is 0 Å². The number of methoxy groups -OCH3 is 3. The Kier molecular flexibility index (Phi) is 8.03. The summed E-state index contributed by atoms with van der Waals surface area (Å²) in [5, 5.41) is 3.35. The summed E-state index contributed by atoms with van der Waals surface area (Å²) in [6, 6.07) is 3.69. The molecule has 1 aromatic rings. The van der Waals surface area contributed by atoms with Gasteiger partial charge in [0, 0.05) is 51.4 Å². The van der Waals surface area contributed by atoms with Gasteiger partial charge in [-0.25, -0.2) is 4.79 Å². The zero-order valence-corrected chi connectivity index (χ0v) is 17.3. The molecular weight excluding hydrogens is 364 g/mol. The van der Waals surface area contributed by atoms with Crippen LogP contribution in [0.1, 0.15) is 12.5 Å². The molecule has 0 unspecified atom stereocenters. The number of carbonyl (C=O) groups is 1. The molecule has 0 saturated carbocycles. The normalized spacial score (nSPS) is 14.5. The molecule has 156 valence electrons. The summed E-state index contributed by atoms with van der Waals surface area (Å²) >= 11 is 0. The predicted molar refractivity (Wildman–Crippen MR) is 106 cm³/mol. The number of nitrogens with zero attached hydrogens (tertiary/aromatic N) is 3. The Balaban J connectivity index is 2.00. The van der Waals surface area contributed by atoms with Crippen LogP contribution in [0.4, 0.5) is 4.79 Å². The van der Waals surface area contributed by atoms with Crippen molar-refractivity contribution in [2.24, 2.45) is 4.99 Å². The van der Waals surface area contributed by atoms with Crippen LogP contribution in [0.15, 0.2) is 17.1 Å². The number of guanidine groups is 1. The monoisotopic (exact) mass is 394 g/mol. The second-order valence-electron chi connectivity index (χ2n) is 6.09. The number of piperazine rings is 1. The highest BCUT2D eigenvalue weighted by Gasteiger charge is 2.24. The highest BCUT2D eigenvalue weighted by Crippen LogP contribution is 2.34. The lowest BCUT2D eigenvalue weighted by Gasteiger charge is -2.35. The Labute approximate surface area is 166 Å². The zero-order chi connectivity index (χ0) is 20.5. The Morgan fingerprint density at radius 3 is 2.11 bits per heavy atom. The number of carbonyl (C=O) groups excluding carboxylic acids is 1. The third kappa shape index (κ3) is 5.11. The summed E-state index contributed by atoms with van der Waals surface area (Å²) in [7, 11) is 6.55. The summed E-state index contributed by atoms with van der Waals surface area (Å²) in [6.07, 6.45) is -0.264. The van der Waals surface area contributed by atoms with E-state index in [0.29, 0.717) is 56.6 Å². The number of aliphatic imine (C=N–C) groups is 1. The van der Waals surface area contributed by atoms with E-state index in [0.717, 1.165) is 11.5 Å². The minimum absolute atomic E-state index is 0.264. The van der Waals surface area contributed by atoms with Crippen molar-refractivity contribution in [1.82, 2.24) is 15.1 Å². The first-order valence-electron chi connectivity index (χ1n) is 9.24. The summed E-state index contributed by atoms with van der Waals surface area (Å²) in [5.74, 6) is 2.72. The molecule has 9 nitrogen and oxygen atoms in total. The van der Waals surface area contributed by atoms with Crippen molar-refractivity contribution in [1.29, 1.82) is 0 Å². The first-order chi connectivity index (χ1) is 13.6. The van der Waals surface area contributed by atoms with Gasteiger partial charge in [-0.3, -0.25) is 4.99 Å². The van der Waals surface area contributed by atoms with E-state index in [1.807, 2.05) is 13.0 Å². The Hall–Kier alpha value is -2.84. The van der Waals surface area contributed by atoms with Crippen LogP contribution in [0.2, 0.25) is 0 Å². The molecule has 1 heterocycles. The maximum Gasteiger partial charge on any atom is 0.409 e. The Morgan fingerprint density at radius 2 is 1.57 bits per heavy atom. The van der Waals surface area contributed by atoms with E-state index in [1.54, 1.807) is 39.3 Å². The first kappa shape index (κ1) is 21.5. The van der Waals surface area contributed by atoms with Gasteiger partial charge in [-0.1, -0.05) is 0 Å². The SMILES string of the molecule is CCOC(=O)N1CCN(C(=NC)NCc2cc(OC)c(OC)cc2OC)CC1. The van der Waals surface area contributed by atoms with Gasteiger partial charge in [0.25, 0.3) is 0 Å². The number of ether oxygens (including phenoxy) is 4. The van der Waals surface area contributed by atoms with Gasteiger partial charge in [-0.15, -0.1) is 0 Å². The number of hydrogen-bond donors (Lipinski definition) is 1. The molecule has 0 atom stereocenters. The molecule has 1 amide bonds. The van der Waals surface area contributed by atoms with Gasteiger partial charge in [0.05, 0.1) is 27.9 Å². The zero-order valence-electron chi connectivity index (χ0n) is 17.3. The van der Waals surface area contributed by atoms with Crippen LogP contribution >= 0.6 is 0 Å². The number of hydrogen-bond acceptors (Lipinski definition) is 6. The van der Waals surface area contributed by atoms with Crippen LogP contribution in [-0.4, -0.2) is 83.0 Å². The standard InChI is InChI=1S/C19H30N4O5/c1-6-28-19(24)23-9-7-22(8-10-23)18(20-2)21-13-14-11-16(26-4)17(27-5)12-15(14)25-3/h11-12H,6-10,13H2,1-5H3,(H,20,21). The van der Waals surface area contributed by atoms with E-state index in [-0.39, 0.29) is 6.09 Å². The topological polar surface area (TPSA) is 84.9 Å². The number of rotatable bonds is 6. The molecule has 1 aromatic carbocycles. The van der Waals surface area contributed by atoms with Crippen molar-refractivity contribution in [3.63, 3.8) is 0 Å². The molecule has 1 saturated heterocycles. The van der Waals surface area contributed by atoms with Gasteiger partial charge in [-0.2, -0.15) is 0 Å². The highest BCUT2D eigenvalue weighted by molar-refractivity contribution is 5.80. The average Bonchev–Trinajstić information content (AvgIpc) is 2.74. The van der Waals surface area contributed by atoms with Gasteiger partial charge in [0.15, 0.2) is 17.5 Å². The fourth-order valence-corrected chi connectivity index (χ4v) is 3.05. The molecule has 9 heteroatoms. The van der Waals surface area contributed by atoms with Crippen LogP contribution in [0.3, 0.4) is 0 Å².